The minimum atomic E-state index is -0.817. The van der Waals surface area contributed by atoms with Crippen molar-refractivity contribution in [3.63, 3.8) is 0 Å². The van der Waals surface area contributed by atoms with Crippen molar-refractivity contribution < 1.29 is 4.19 Å². The second-order valence-corrected chi connectivity index (χ2v) is 47.0. The van der Waals surface area contributed by atoms with Crippen LogP contribution in [0.25, 0.3) is 156 Å². The Bertz CT molecular complexity index is 5730. The summed E-state index contributed by atoms with van der Waals surface area (Å²) in [5.41, 5.74) is 57.0. The molecule has 15 rings (SSSR count). The van der Waals surface area contributed by atoms with Gasteiger partial charge in [0.2, 0.25) is 0 Å². The molecule has 1 N–H and O–H groups in total. The van der Waals surface area contributed by atoms with Crippen LogP contribution in [0.15, 0.2) is 273 Å². The second kappa shape index (κ2) is 43.9. The fraction of sp³-hybridized carbons (Fsp3) is 0.353. The van der Waals surface area contributed by atoms with E-state index >= 15 is 0 Å². The predicted molar refractivity (Wildman–Crippen MR) is 620 cm³/mol. The third-order valence-electron chi connectivity index (χ3n) is 30.2. The zero-order valence-electron chi connectivity index (χ0n) is 91.3. The van der Waals surface area contributed by atoms with E-state index in [4.69, 9.17) is 0 Å². The van der Waals surface area contributed by atoms with Gasteiger partial charge >= 0.3 is 594 Å². The average molecular weight is 1930 g/mol. The van der Waals surface area contributed by atoms with E-state index in [9.17, 15) is 4.19 Å². The summed E-state index contributed by atoms with van der Waals surface area (Å²) in [4.78, 5) is 0. The molecule has 0 heterocycles. The molecule has 0 saturated carbocycles. The third-order valence-corrected chi connectivity index (χ3v) is 31.1. The van der Waals surface area contributed by atoms with Crippen LogP contribution in [0.3, 0.4) is 0 Å². The van der Waals surface area contributed by atoms with Crippen molar-refractivity contribution >= 4 is 15.3 Å². The molecule has 0 aliphatic carbocycles. The zero-order chi connectivity index (χ0) is 101. The summed E-state index contributed by atoms with van der Waals surface area (Å²) in [5, 5.41) is 0.458. The number of rotatable bonds is 32. The van der Waals surface area contributed by atoms with Gasteiger partial charge in [-0.3, -0.25) is 0 Å². The van der Waals surface area contributed by atoms with Crippen molar-refractivity contribution in [3.05, 3.63) is 368 Å². The van der Waals surface area contributed by atoms with Gasteiger partial charge in [0.25, 0.3) is 0 Å². The van der Waals surface area contributed by atoms with Crippen LogP contribution in [-0.4, -0.2) is 19.5 Å². The Morgan fingerprint density at radius 1 is 0.142 bits per heavy atom. The summed E-state index contributed by atoms with van der Waals surface area (Å²) in [5.74, 6) is 4.18. The molecule has 0 spiro atoms. The van der Waals surface area contributed by atoms with E-state index in [2.05, 4.69) is 495 Å². The fourth-order valence-electron chi connectivity index (χ4n) is 23.0. The summed E-state index contributed by atoms with van der Waals surface area (Å²) in [6.07, 6.45) is 0. The third kappa shape index (κ3) is 21.6. The molecule has 15 aromatic rings. The van der Waals surface area contributed by atoms with Gasteiger partial charge in [-0.05, 0) is 0 Å². The van der Waals surface area contributed by atoms with Crippen LogP contribution < -0.4 is 0 Å². The quantitative estimate of drug-likeness (QED) is 0.0417. The van der Waals surface area contributed by atoms with Crippen molar-refractivity contribution in [3.8, 4) is 156 Å². The average Bonchev–Trinajstić information content (AvgIpc) is 0.752. The molecule has 0 bridgehead atoms. The van der Waals surface area contributed by atoms with Crippen LogP contribution in [0.5, 0.6) is 0 Å². The van der Waals surface area contributed by atoms with Crippen LogP contribution in [0.4, 0.5) is 0 Å². The molecule has 2 heteroatoms. The number of benzene rings is 15. The summed E-state index contributed by atoms with van der Waals surface area (Å²) in [6, 6.07) is 110. The molecule has 0 atom stereocenters. The van der Waals surface area contributed by atoms with Crippen molar-refractivity contribution in [1.29, 1.82) is 0 Å². The first kappa shape index (κ1) is 104. The van der Waals surface area contributed by atoms with Gasteiger partial charge in [0.1, 0.15) is 0 Å². The monoisotopic (exact) mass is 1930 g/mol. The Balaban J connectivity index is 1.13. The molecule has 0 aliphatic rings. The summed E-state index contributed by atoms with van der Waals surface area (Å²) < 4.78 is 12.5. The standard InChI is InChI=1S/C139H160OSe/c1-79(2)113-42-33-43-114(80(3)4)132(113)105-66-99(67-106(74-105)133-115(81(5)6)44-34-45-116(133)82(7)8)95-60-96(100-68-107(134-117(83(9)10)46-35-47-118(134)84(11)12)75-108(69-100)135-119(85(13)14)48-36-49-120(135)86(15)16)63-103(62-95)129-58-41-59-130(131(129)78-141-140)104-64-97(101-70-109(136-121(87(17)18)50-37-51-122(136)88(19)20)76-110(71-101)137-123(89(21)22)52-38-53-124(137)90(23)24)61-98(65-104)102-72-111(138-125(91(25)26)54-39-55-126(138)92(27)28)77-112(73-102)139-127(93(29)30)56-40-57-128(139)94(31)32/h33-77,79-94,140H,78H2,1-32H3. The Morgan fingerprint density at radius 2 is 0.241 bits per heavy atom. The van der Waals surface area contributed by atoms with Gasteiger partial charge in [-0.2, -0.15) is 0 Å². The first-order valence-electron chi connectivity index (χ1n) is 53.5. The number of hydrogen-bond donors (Lipinski definition) is 1. The van der Waals surface area contributed by atoms with E-state index in [1.807, 2.05) is 0 Å². The summed E-state index contributed by atoms with van der Waals surface area (Å²) in [6.45, 7) is 76.0. The van der Waals surface area contributed by atoms with Gasteiger partial charge in [-0.15, -0.1) is 0 Å². The maximum absolute atomic E-state index is 12.5. The van der Waals surface area contributed by atoms with Crippen LogP contribution in [-0.2, 0) is 5.32 Å². The van der Waals surface area contributed by atoms with Crippen molar-refractivity contribution in [2.75, 3.05) is 0 Å². The van der Waals surface area contributed by atoms with Gasteiger partial charge in [-0.25, -0.2) is 0 Å². The first-order valence-corrected chi connectivity index (χ1v) is 55.5. The Kier molecular flexibility index (Phi) is 32.4. The van der Waals surface area contributed by atoms with Crippen molar-refractivity contribution in [1.82, 2.24) is 0 Å². The second-order valence-electron chi connectivity index (χ2n) is 45.9. The van der Waals surface area contributed by atoms with E-state index in [1.165, 1.54) is 178 Å². The topological polar surface area (TPSA) is 20.2 Å². The molecule has 0 amide bonds. The Hall–Kier alpha value is -11.2. The first-order chi connectivity index (χ1) is 67.1. The van der Waals surface area contributed by atoms with Gasteiger partial charge < -0.3 is 0 Å². The number of hydrogen-bond acceptors (Lipinski definition) is 1. The molecule has 15 aromatic carbocycles. The summed E-state index contributed by atoms with van der Waals surface area (Å²) in [7, 11) is 0. The summed E-state index contributed by atoms with van der Waals surface area (Å²) >= 11 is -0.817. The molecule has 0 radical (unpaired) electrons. The molecule has 141 heavy (non-hydrogen) atoms. The Morgan fingerprint density at radius 3 is 0.355 bits per heavy atom. The SMILES string of the molecule is CC(C)c1cccc(C(C)C)c1-c1cc(-c2cc(-c3cc(-c4c(C(C)C)cccc4C(C)C)cc(-c4c(C(C)C)cccc4C(C)C)c3)cc(-c3cccc(-c4cc(-c5cc(-c6c(C(C)C)cccc6C(C)C)cc(-c6c(C(C)C)cccc6C(C)C)c5)cc(-c5cc(-c6c(C(C)C)cccc6C(C)C)cc(-c6c(C(C)C)cccc6C(C)C)c5)c4)c3C[Se]O)c2)cc(-c2c(C(C)C)cccc2C(C)C)c1. The van der Waals surface area contributed by atoms with Gasteiger partial charge in [0.05, 0.1) is 0 Å². The normalized spacial score (nSPS) is 12.2. The molecule has 0 saturated heterocycles. The van der Waals surface area contributed by atoms with Crippen LogP contribution in [0.1, 0.15) is 411 Å². The van der Waals surface area contributed by atoms with E-state index in [-0.39, 0.29) is 94.7 Å². The van der Waals surface area contributed by atoms with Gasteiger partial charge in [0.15, 0.2) is 0 Å². The van der Waals surface area contributed by atoms with Crippen LogP contribution in [0.2, 0.25) is 0 Å². The Labute approximate surface area is 858 Å². The molecule has 1 nitrogen and oxygen atoms in total. The molecular formula is C139H160OSe. The molecule has 0 unspecified atom stereocenters. The molecule has 0 fully saturated rings. The molecule has 0 aromatic heterocycles. The molecule has 0 aliphatic heterocycles. The van der Waals surface area contributed by atoms with Crippen LogP contribution >= 0.6 is 0 Å². The molecule has 728 valence electrons. The molecular weight excluding hydrogens is 1760 g/mol. The van der Waals surface area contributed by atoms with Gasteiger partial charge in [-0.1, -0.05) is 270 Å². The zero-order valence-corrected chi connectivity index (χ0v) is 93.0. The predicted octanol–water partition coefficient (Wildman–Crippen LogP) is 42.1. The van der Waals surface area contributed by atoms with Gasteiger partial charge in [0, 0.05) is 0 Å². The van der Waals surface area contributed by atoms with E-state index < -0.39 is 15.3 Å². The minimum absolute atomic E-state index is 0.261. The fourth-order valence-corrected chi connectivity index (χ4v) is 23.9. The van der Waals surface area contributed by atoms with E-state index in [0.29, 0.717) is 5.32 Å². The van der Waals surface area contributed by atoms with Crippen LogP contribution in [0, 0.1) is 0 Å². The van der Waals surface area contributed by atoms with E-state index in [1.54, 1.807) is 0 Å². The maximum atomic E-state index is 12.5. The van der Waals surface area contributed by atoms with Crippen molar-refractivity contribution in [2.24, 2.45) is 0 Å². The van der Waals surface area contributed by atoms with E-state index in [0.717, 1.165) is 72.3 Å². The van der Waals surface area contributed by atoms with Crippen molar-refractivity contribution in [2.45, 2.75) is 322 Å².